The van der Waals surface area contributed by atoms with Crippen LogP contribution in [0.4, 0.5) is 17.6 Å². The van der Waals surface area contributed by atoms with Gasteiger partial charge in [-0.15, -0.1) is 0 Å². The largest absolute Gasteiger partial charge is 0.350 e. The van der Waals surface area contributed by atoms with Crippen molar-refractivity contribution in [2.45, 2.75) is 70.4 Å². The Morgan fingerprint density at radius 1 is 1.23 bits per heavy atom. The highest BCUT2D eigenvalue weighted by Crippen LogP contribution is 2.32. The van der Waals surface area contributed by atoms with Crippen molar-refractivity contribution in [2.75, 3.05) is 29.9 Å². The first-order valence-corrected chi connectivity index (χ1v) is 11.6. The van der Waals surface area contributed by atoms with E-state index in [0.29, 0.717) is 11.9 Å². The van der Waals surface area contributed by atoms with Crippen molar-refractivity contribution in [1.82, 2.24) is 30.8 Å². The minimum Gasteiger partial charge on any atom is -0.350 e. The maximum absolute atomic E-state index is 13.0. The van der Waals surface area contributed by atoms with Gasteiger partial charge in [-0.25, -0.2) is 4.98 Å². The molecule has 1 aliphatic carbocycles. The fourth-order valence-electron chi connectivity index (χ4n) is 4.82. The Hall–Kier alpha value is -2.68. The molecular formula is C22H32N8O. The van der Waals surface area contributed by atoms with E-state index in [-0.39, 0.29) is 18.0 Å². The minimum absolute atomic E-state index is 0.0960. The molecule has 2 atom stereocenters. The van der Waals surface area contributed by atoms with Crippen LogP contribution in [0.5, 0.6) is 0 Å². The van der Waals surface area contributed by atoms with Crippen molar-refractivity contribution in [3.8, 4) is 0 Å². The van der Waals surface area contributed by atoms with Crippen molar-refractivity contribution in [3.05, 3.63) is 23.0 Å². The van der Waals surface area contributed by atoms with Crippen molar-refractivity contribution >= 4 is 23.5 Å². The minimum atomic E-state index is -0.203. The highest BCUT2D eigenvalue weighted by Gasteiger charge is 2.35. The molecule has 2 fully saturated rings. The average molecular weight is 425 g/mol. The second-order valence-corrected chi connectivity index (χ2v) is 9.19. The zero-order chi connectivity index (χ0) is 21.4. The number of aryl methyl sites for hydroxylation is 1. The van der Waals surface area contributed by atoms with E-state index in [1.165, 1.54) is 5.56 Å². The Bertz CT molecular complexity index is 949. The molecule has 0 unspecified atom stereocenters. The summed E-state index contributed by atoms with van der Waals surface area (Å²) in [6, 6.07) is 2.06. The van der Waals surface area contributed by atoms with E-state index in [1.54, 1.807) is 0 Å². The summed E-state index contributed by atoms with van der Waals surface area (Å²) in [5, 5.41) is 17.4. The Morgan fingerprint density at radius 3 is 2.90 bits per heavy atom. The first-order chi connectivity index (χ1) is 15.1. The number of carbonyl (C=O) groups is 1. The normalized spacial score (nSPS) is 22.9. The van der Waals surface area contributed by atoms with Gasteiger partial charge in [0.05, 0.1) is 5.69 Å². The average Bonchev–Trinajstić information content (AvgIpc) is 3.53. The predicted octanol–water partition coefficient (Wildman–Crippen LogP) is 2.00. The van der Waals surface area contributed by atoms with Crippen LogP contribution in [0, 0.1) is 0 Å². The third kappa shape index (κ3) is 4.11. The van der Waals surface area contributed by atoms with E-state index in [2.05, 4.69) is 44.9 Å². The molecule has 1 amide bonds. The zero-order valence-corrected chi connectivity index (χ0v) is 18.4. The second-order valence-electron chi connectivity index (χ2n) is 9.19. The van der Waals surface area contributed by atoms with Crippen LogP contribution in [0.1, 0.15) is 62.4 Å². The van der Waals surface area contributed by atoms with Gasteiger partial charge >= 0.3 is 0 Å². The molecule has 3 aliphatic rings. The predicted molar refractivity (Wildman–Crippen MR) is 120 cm³/mol. The Balaban J connectivity index is 1.39. The van der Waals surface area contributed by atoms with Gasteiger partial charge in [-0.2, -0.15) is 10.1 Å². The van der Waals surface area contributed by atoms with Gasteiger partial charge in [0.25, 0.3) is 0 Å². The third-order valence-electron chi connectivity index (χ3n) is 6.61. The van der Waals surface area contributed by atoms with Gasteiger partial charge in [-0.1, -0.05) is 13.8 Å². The number of hydrogen-bond donors (Lipinski definition) is 4. The van der Waals surface area contributed by atoms with Gasteiger partial charge in [0.2, 0.25) is 11.9 Å². The summed E-state index contributed by atoms with van der Waals surface area (Å²) in [4.78, 5) is 24.9. The molecule has 0 bridgehead atoms. The van der Waals surface area contributed by atoms with E-state index in [9.17, 15) is 4.79 Å². The molecule has 9 nitrogen and oxygen atoms in total. The lowest BCUT2D eigenvalue weighted by Gasteiger charge is -2.26. The van der Waals surface area contributed by atoms with E-state index in [1.807, 2.05) is 6.07 Å². The molecular weight excluding hydrogens is 392 g/mol. The Labute approximate surface area is 182 Å². The van der Waals surface area contributed by atoms with Gasteiger partial charge in [0.1, 0.15) is 11.9 Å². The standard InChI is InChI=1S/C22H32N8O/c1-13(2)17-11-19(29-28-17)26-20-15-5-3-6-16(15)25-22(27-20)30-10-4-7-18(30)21(31)24-14-8-9-23-12-14/h11,13-14,18,23H,3-10,12H2,1-2H3,(H,24,31)(H2,25,26,27,28,29)/t14-,18-/m1/s1. The molecule has 2 aliphatic heterocycles. The quantitative estimate of drug-likeness (QED) is 0.561. The number of hydrogen-bond acceptors (Lipinski definition) is 7. The van der Waals surface area contributed by atoms with Crippen LogP contribution < -0.4 is 20.9 Å². The van der Waals surface area contributed by atoms with Gasteiger partial charge < -0.3 is 20.9 Å². The molecule has 4 heterocycles. The summed E-state index contributed by atoms with van der Waals surface area (Å²) in [5.41, 5.74) is 3.36. The van der Waals surface area contributed by atoms with Crippen LogP contribution in [-0.4, -0.2) is 57.8 Å². The number of aromatic nitrogens is 4. The molecule has 0 aromatic carbocycles. The SMILES string of the molecule is CC(C)c1cc(Nc2nc(N3CCC[C@@H]3C(=O)N[C@@H]3CCNC3)nc3c2CCC3)n[nH]1. The number of nitrogens with zero attached hydrogens (tertiary/aromatic N) is 4. The molecule has 5 rings (SSSR count). The van der Waals surface area contributed by atoms with E-state index >= 15 is 0 Å². The van der Waals surface area contributed by atoms with Crippen molar-refractivity contribution in [1.29, 1.82) is 0 Å². The number of aromatic amines is 1. The number of anilines is 3. The lowest BCUT2D eigenvalue weighted by molar-refractivity contribution is -0.122. The van der Waals surface area contributed by atoms with Crippen LogP contribution in [-0.2, 0) is 17.6 Å². The first-order valence-electron chi connectivity index (χ1n) is 11.6. The van der Waals surface area contributed by atoms with Gasteiger partial charge in [0.15, 0.2) is 5.82 Å². The summed E-state index contributed by atoms with van der Waals surface area (Å²) in [6.45, 7) is 6.90. The number of H-pyrrole nitrogens is 1. The van der Waals surface area contributed by atoms with E-state index < -0.39 is 0 Å². The summed E-state index contributed by atoms with van der Waals surface area (Å²) >= 11 is 0. The molecule has 31 heavy (non-hydrogen) atoms. The fourth-order valence-corrected chi connectivity index (χ4v) is 4.82. The zero-order valence-electron chi connectivity index (χ0n) is 18.4. The summed E-state index contributed by atoms with van der Waals surface area (Å²) < 4.78 is 0. The number of rotatable bonds is 6. The van der Waals surface area contributed by atoms with Crippen molar-refractivity contribution in [3.63, 3.8) is 0 Å². The van der Waals surface area contributed by atoms with Gasteiger partial charge in [-0.3, -0.25) is 9.89 Å². The van der Waals surface area contributed by atoms with Crippen LogP contribution in [0.15, 0.2) is 6.07 Å². The molecule has 2 aromatic rings. The van der Waals surface area contributed by atoms with Gasteiger partial charge in [0, 0.05) is 36.5 Å². The van der Waals surface area contributed by atoms with Crippen LogP contribution in [0.2, 0.25) is 0 Å². The topological polar surface area (TPSA) is 111 Å². The molecule has 9 heteroatoms. The van der Waals surface area contributed by atoms with Crippen molar-refractivity contribution < 1.29 is 4.79 Å². The maximum Gasteiger partial charge on any atom is 0.243 e. The van der Waals surface area contributed by atoms with E-state index in [4.69, 9.17) is 9.97 Å². The summed E-state index contributed by atoms with van der Waals surface area (Å²) in [6.07, 6.45) is 5.81. The molecule has 2 saturated heterocycles. The lowest BCUT2D eigenvalue weighted by atomic mass is 10.1. The number of carbonyl (C=O) groups excluding carboxylic acids is 1. The molecule has 0 saturated carbocycles. The summed E-state index contributed by atoms with van der Waals surface area (Å²) in [7, 11) is 0. The Morgan fingerprint density at radius 2 is 2.13 bits per heavy atom. The van der Waals surface area contributed by atoms with Crippen LogP contribution in [0.25, 0.3) is 0 Å². The second kappa shape index (κ2) is 8.45. The van der Waals surface area contributed by atoms with Crippen LogP contribution in [0.3, 0.4) is 0 Å². The number of nitrogens with one attached hydrogen (secondary N) is 4. The number of amides is 1. The number of fused-ring (bicyclic) bond motifs is 1. The molecule has 4 N–H and O–H groups in total. The van der Waals surface area contributed by atoms with E-state index in [0.717, 1.165) is 81.2 Å². The molecule has 0 spiro atoms. The maximum atomic E-state index is 13.0. The Kier molecular flexibility index (Phi) is 5.52. The fraction of sp³-hybridized carbons (Fsp3) is 0.636. The van der Waals surface area contributed by atoms with Gasteiger partial charge in [-0.05, 0) is 51.0 Å². The molecule has 0 radical (unpaired) electrons. The highest BCUT2D eigenvalue weighted by atomic mass is 16.2. The van der Waals surface area contributed by atoms with Crippen molar-refractivity contribution in [2.24, 2.45) is 0 Å². The molecule has 166 valence electrons. The monoisotopic (exact) mass is 424 g/mol. The third-order valence-corrected chi connectivity index (χ3v) is 6.61. The summed E-state index contributed by atoms with van der Waals surface area (Å²) in [5.74, 6) is 2.73. The lowest BCUT2D eigenvalue weighted by Crippen LogP contribution is -2.48. The highest BCUT2D eigenvalue weighted by molar-refractivity contribution is 5.85. The first kappa shape index (κ1) is 20.2. The molecule has 2 aromatic heterocycles. The van der Waals surface area contributed by atoms with Crippen LogP contribution >= 0.6 is 0 Å². The smallest absolute Gasteiger partial charge is 0.243 e.